The third-order valence-electron chi connectivity index (χ3n) is 3.46. The summed E-state index contributed by atoms with van der Waals surface area (Å²) in [6.07, 6.45) is 4.43. The molecule has 0 spiro atoms. The van der Waals surface area contributed by atoms with Crippen LogP contribution >= 0.6 is 0 Å². The molecule has 0 aromatic carbocycles. The largest absolute Gasteiger partial charge is 0.479 e. The minimum atomic E-state index is -0.374. The lowest BCUT2D eigenvalue weighted by Crippen LogP contribution is -2.26. The van der Waals surface area contributed by atoms with Crippen molar-refractivity contribution in [3.8, 4) is 17.3 Å². The number of anilines is 1. The van der Waals surface area contributed by atoms with Crippen LogP contribution in [-0.4, -0.2) is 42.8 Å². The van der Waals surface area contributed by atoms with Crippen molar-refractivity contribution in [1.29, 1.82) is 0 Å². The van der Waals surface area contributed by atoms with E-state index in [0.717, 1.165) is 0 Å². The van der Waals surface area contributed by atoms with Crippen molar-refractivity contribution in [3.63, 3.8) is 0 Å². The van der Waals surface area contributed by atoms with E-state index in [0.29, 0.717) is 42.0 Å². The first-order chi connectivity index (χ1) is 11.6. The molecule has 0 amide bonds. The highest BCUT2D eigenvalue weighted by Crippen LogP contribution is 2.20. The van der Waals surface area contributed by atoms with E-state index in [4.69, 9.17) is 10.5 Å². The Labute approximate surface area is 136 Å². The summed E-state index contributed by atoms with van der Waals surface area (Å²) in [6.45, 7) is 3.18. The Morgan fingerprint density at radius 3 is 2.71 bits per heavy atom. The van der Waals surface area contributed by atoms with Crippen LogP contribution in [0, 0.1) is 0 Å². The van der Waals surface area contributed by atoms with Gasteiger partial charge in [0.05, 0.1) is 24.0 Å². The summed E-state index contributed by atoms with van der Waals surface area (Å²) in [7, 11) is 0. The van der Waals surface area contributed by atoms with Crippen molar-refractivity contribution >= 4 is 16.9 Å². The summed E-state index contributed by atoms with van der Waals surface area (Å²) in [6, 6.07) is 1.40. The molecule has 0 aliphatic carbocycles. The van der Waals surface area contributed by atoms with Gasteiger partial charge in [-0.3, -0.25) is 9.78 Å². The number of nitrogen functional groups attached to an aromatic ring is 1. The first-order valence-corrected chi connectivity index (χ1v) is 7.35. The van der Waals surface area contributed by atoms with Gasteiger partial charge in [-0.15, -0.1) is 0 Å². The van der Waals surface area contributed by atoms with Crippen molar-refractivity contribution in [2.45, 2.75) is 13.5 Å². The summed E-state index contributed by atoms with van der Waals surface area (Å²) in [5.74, 6) is -0.0819. The molecule has 0 saturated carbocycles. The Morgan fingerprint density at radius 2 is 2.00 bits per heavy atom. The SMILES string of the molecule is CCOCCn1c(=O)c(N)nc2cnc(-c3cnc(O)nc3)cc21. The molecule has 0 atom stereocenters. The predicted molar refractivity (Wildman–Crippen MR) is 87.4 cm³/mol. The molecule has 0 saturated heterocycles. The van der Waals surface area contributed by atoms with Gasteiger partial charge in [0.1, 0.15) is 5.52 Å². The van der Waals surface area contributed by atoms with Gasteiger partial charge in [0.15, 0.2) is 5.82 Å². The number of ether oxygens (including phenoxy) is 1. The van der Waals surface area contributed by atoms with Crippen LogP contribution < -0.4 is 11.3 Å². The minimum absolute atomic E-state index is 0.0819. The van der Waals surface area contributed by atoms with E-state index >= 15 is 0 Å². The van der Waals surface area contributed by atoms with E-state index in [-0.39, 0.29) is 17.4 Å². The Bertz CT molecular complexity index is 923. The van der Waals surface area contributed by atoms with E-state index in [1.54, 1.807) is 6.07 Å². The lowest BCUT2D eigenvalue weighted by molar-refractivity contribution is 0.139. The Balaban J connectivity index is 2.12. The van der Waals surface area contributed by atoms with Crippen molar-refractivity contribution in [1.82, 2.24) is 24.5 Å². The van der Waals surface area contributed by atoms with Gasteiger partial charge in [0, 0.05) is 31.1 Å². The summed E-state index contributed by atoms with van der Waals surface area (Å²) < 4.78 is 6.84. The molecule has 0 aliphatic heterocycles. The van der Waals surface area contributed by atoms with E-state index in [1.165, 1.54) is 23.2 Å². The predicted octanol–water partition coefficient (Wildman–Crippen LogP) is 0.573. The van der Waals surface area contributed by atoms with Gasteiger partial charge < -0.3 is 20.1 Å². The van der Waals surface area contributed by atoms with Crippen molar-refractivity contribution in [2.75, 3.05) is 18.9 Å². The molecule has 3 rings (SSSR count). The number of nitrogens with two attached hydrogens (primary N) is 1. The zero-order valence-corrected chi connectivity index (χ0v) is 13.0. The molecule has 24 heavy (non-hydrogen) atoms. The van der Waals surface area contributed by atoms with Crippen LogP contribution in [-0.2, 0) is 11.3 Å². The molecule has 0 unspecified atom stereocenters. The number of aromatic nitrogens is 5. The number of aromatic hydroxyl groups is 1. The van der Waals surface area contributed by atoms with Gasteiger partial charge in [-0.2, -0.15) is 0 Å². The van der Waals surface area contributed by atoms with Gasteiger partial charge >= 0.3 is 6.01 Å². The zero-order valence-electron chi connectivity index (χ0n) is 13.0. The molecular formula is C15H16N6O3. The quantitative estimate of drug-likeness (QED) is 0.650. The van der Waals surface area contributed by atoms with Crippen molar-refractivity contribution in [2.24, 2.45) is 0 Å². The molecule has 0 aliphatic rings. The summed E-state index contributed by atoms with van der Waals surface area (Å²) in [5.41, 5.74) is 7.58. The van der Waals surface area contributed by atoms with Crippen LogP contribution in [0.1, 0.15) is 6.92 Å². The normalized spacial score (nSPS) is 11.0. The van der Waals surface area contributed by atoms with Gasteiger partial charge in [-0.1, -0.05) is 0 Å². The average Bonchev–Trinajstić information content (AvgIpc) is 2.59. The molecule has 0 fully saturated rings. The first-order valence-electron chi connectivity index (χ1n) is 7.35. The second-order valence-electron chi connectivity index (χ2n) is 4.98. The average molecular weight is 328 g/mol. The Kier molecular flexibility index (Phi) is 4.34. The van der Waals surface area contributed by atoms with Gasteiger partial charge in [0.25, 0.3) is 5.56 Å². The van der Waals surface area contributed by atoms with Gasteiger partial charge in [-0.05, 0) is 13.0 Å². The second kappa shape index (κ2) is 6.59. The van der Waals surface area contributed by atoms with E-state index < -0.39 is 0 Å². The van der Waals surface area contributed by atoms with Crippen LogP contribution in [0.3, 0.4) is 0 Å². The summed E-state index contributed by atoms with van der Waals surface area (Å²) >= 11 is 0. The van der Waals surface area contributed by atoms with Crippen LogP contribution in [0.15, 0.2) is 29.5 Å². The molecule has 124 valence electrons. The minimum Gasteiger partial charge on any atom is -0.479 e. The fraction of sp³-hybridized carbons (Fsp3) is 0.267. The fourth-order valence-corrected chi connectivity index (χ4v) is 2.30. The summed E-state index contributed by atoms with van der Waals surface area (Å²) in [4.78, 5) is 28.1. The highest BCUT2D eigenvalue weighted by molar-refractivity contribution is 5.79. The number of rotatable bonds is 5. The number of fused-ring (bicyclic) bond motifs is 1. The van der Waals surface area contributed by atoms with Gasteiger partial charge in [-0.25, -0.2) is 15.0 Å². The molecule has 3 aromatic heterocycles. The third-order valence-corrected chi connectivity index (χ3v) is 3.46. The molecule has 9 heteroatoms. The number of hydrogen-bond donors (Lipinski definition) is 2. The van der Waals surface area contributed by atoms with Crippen LogP contribution in [0.4, 0.5) is 5.82 Å². The highest BCUT2D eigenvalue weighted by atomic mass is 16.5. The molecule has 0 bridgehead atoms. The van der Waals surface area contributed by atoms with Crippen LogP contribution in [0.25, 0.3) is 22.3 Å². The van der Waals surface area contributed by atoms with Crippen molar-refractivity contribution in [3.05, 3.63) is 35.0 Å². The molecule has 9 nitrogen and oxygen atoms in total. The molecule has 3 heterocycles. The second-order valence-corrected chi connectivity index (χ2v) is 4.98. The lowest BCUT2D eigenvalue weighted by atomic mass is 10.2. The Morgan fingerprint density at radius 1 is 1.25 bits per heavy atom. The monoisotopic (exact) mass is 328 g/mol. The topological polar surface area (TPSA) is 129 Å². The van der Waals surface area contributed by atoms with E-state index in [9.17, 15) is 9.90 Å². The third kappa shape index (κ3) is 3.01. The maximum Gasteiger partial charge on any atom is 0.313 e. The van der Waals surface area contributed by atoms with Crippen LogP contribution in [0.2, 0.25) is 0 Å². The smallest absolute Gasteiger partial charge is 0.313 e. The summed E-state index contributed by atoms with van der Waals surface area (Å²) in [5, 5.41) is 9.18. The number of pyridine rings is 1. The molecule has 3 N–H and O–H groups in total. The highest BCUT2D eigenvalue weighted by Gasteiger charge is 2.11. The van der Waals surface area contributed by atoms with E-state index in [2.05, 4.69) is 19.9 Å². The zero-order chi connectivity index (χ0) is 17.1. The number of hydrogen-bond acceptors (Lipinski definition) is 8. The van der Waals surface area contributed by atoms with E-state index in [1.807, 2.05) is 6.92 Å². The maximum absolute atomic E-state index is 12.3. The van der Waals surface area contributed by atoms with Gasteiger partial charge in [0.2, 0.25) is 0 Å². The number of nitrogens with zero attached hydrogens (tertiary/aromatic N) is 5. The van der Waals surface area contributed by atoms with Crippen LogP contribution in [0.5, 0.6) is 6.01 Å². The Hall–Kier alpha value is -3.07. The fourth-order valence-electron chi connectivity index (χ4n) is 2.30. The molecular weight excluding hydrogens is 312 g/mol. The lowest BCUT2D eigenvalue weighted by Gasteiger charge is -2.11. The van der Waals surface area contributed by atoms with Crippen molar-refractivity contribution < 1.29 is 9.84 Å². The molecule has 3 aromatic rings. The maximum atomic E-state index is 12.3. The molecule has 0 radical (unpaired) electrons. The standard InChI is InChI=1S/C15H16N6O3/c1-2-24-4-3-21-12-5-10(9-6-18-15(23)19-7-9)17-8-11(12)20-13(16)14(21)22/h5-8H,2-4H2,1H3,(H2,16,20)(H,18,19,23). The first kappa shape index (κ1) is 15.8.